The number of carbonyl (C=O) groups is 1. The molecule has 1 amide bonds. The third-order valence-electron chi connectivity index (χ3n) is 4.64. The Kier molecular flexibility index (Phi) is 6.18. The summed E-state index contributed by atoms with van der Waals surface area (Å²) in [5.74, 6) is -0.0515. The van der Waals surface area contributed by atoms with Crippen molar-refractivity contribution in [1.82, 2.24) is 0 Å². The fourth-order valence-electron chi connectivity index (χ4n) is 3.17. The number of anilines is 1. The normalized spacial score (nSPS) is 17.5. The van der Waals surface area contributed by atoms with Crippen LogP contribution < -0.4 is 4.90 Å². The summed E-state index contributed by atoms with van der Waals surface area (Å²) in [6.07, 6.45) is 2.03. The number of nitrogens with zero attached hydrogens (tertiary/aromatic N) is 4. The van der Waals surface area contributed by atoms with Crippen molar-refractivity contribution in [3.63, 3.8) is 0 Å². The van der Waals surface area contributed by atoms with Gasteiger partial charge < -0.3 is 0 Å². The van der Waals surface area contributed by atoms with E-state index in [9.17, 15) is 14.9 Å². The van der Waals surface area contributed by atoms with E-state index in [2.05, 4.69) is 10.2 Å². The Hall–Kier alpha value is -3.78. The second-order valence-corrected chi connectivity index (χ2v) is 7.95. The minimum atomic E-state index is -0.458. The molecule has 0 aliphatic carbocycles. The fourth-order valence-corrected chi connectivity index (χ4v) is 4.30. The van der Waals surface area contributed by atoms with Crippen molar-refractivity contribution in [2.75, 3.05) is 4.90 Å². The van der Waals surface area contributed by atoms with E-state index >= 15 is 0 Å². The molecule has 1 fully saturated rings. The van der Waals surface area contributed by atoms with Crippen molar-refractivity contribution in [2.45, 2.75) is 11.7 Å². The summed E-state index contributed by atoms with van der Waals surface area (Å²) in [6.45, 7) is 0. The first-order valence-corrected chi connectivity index (χ1v) is 10.4. The minimum Gasteiger partial charge on any atom is -0.273 e. The van der Waals surface area contributed by atoms with E-state index in [4.69, 9.17) is 0 Å². The Labute approximate surface area is 183 Å². The van der Waals surface area contributed by atoms with Gasteiger partial charge in [0.1, 0.15) is 0 Å². The van der Waals surface area contributed by atoms with Gasteiger partial charge in [-0.05, 0) is 24.1 Å². The molecule has 3 aromatic carbocycles. The van der Waals surface area contributed by atoms with E-state index in [1.807, 2.05) is 60.7 Å². The smallest absolute Gasteiger partial charge is 0.270 e. The summed E-state index contributed by atoms with van der Waals surface area (Å²) in [5.41, 5.74) is 2.33. The van der Waals surface area contributed by atoms with Crippen LogP contribution in [0.15, 0.2) is 95.1 Å². The molecule has 154 valence electrons. The van der Waals surface area contributed by atoms with E-state index in [0.29, 0.717) is 17.2 Å². The highest BCUT2D eigenvalue weighted by molar-refractivity contribution is 8.16. The Morgan fingerprint density at radius 1 is 1.00 bits per heavy atom. The lowest BCUT2D eigenvalue weighted by Crippen LogP contribution is -2.32. The molecule has 1 saturated heterocycles. The van der Waals surface area contributed by atoms with Crippen LogP contribution in [-0.4, -0.2) is 27.5 Å². The number of non-ortho nitro benzene ring substituents is 1. The fraction of sp³-hybridized carbons (Fsp3) is 0.0870. The van der Waals surface area contributed by atoms with Gasteiger partial charge >= 0.3 is 0 Å². The van der Waals surface area contributed by atoms with Gasteiger partial charge in [-0.3, -0.25) is 19.8 Å². The van der Waals surface area contributed by atoms with Gasteiger partial charge in [0.2, 0.25) is 5.91 Å². The number of nitro groups is 1. The molecule has 3 aromatic rings. The van der Waals surface area contributed by atoms with Crippen molar-refractivity contribution in [3.8, 4) is 0 Å². The van der Waals surface area contributed by atoms with Crippen LogP contribution in [0.3, 0.4) is 0 Å². The first kappa shape index (κ1) is 20.5. The lowest BCUT2D eigenvalue weighted by Gasteiger charge is -2.15. The van der Waals surface area contributed by atoms with Crippen LogP contribution in [0.1, 0.15) is 11.1 Å². The molecule has 1 aliphatic rings. The Bertz CT molecular complexity index is 1150. The van der Waals surface area contributed by atoms with Gasteiger partial charge in [-0.25, -0.2) is 0 Å². The molecular weight excluding hydrogens is 412 g/mol. The standard InChI is InChI=1S/C23H18N4O3S/c28-22-21(15-17-8-3-1-4-9-17)31-23(26(22)19-11-5-2-6-12-19)25-24-16-18-10-7-13-20(14-18)27(29)30/h1-14,16,21H,15H2/b24-16+,25-23-. The molecule has 8 heteroatoms. The summed E-state index contributed by atoms with van der Waals surface area (Å²) >= 11 is 1.36. The highest BCUT2D eigenvalue weighted by Crippen LogP contribution is 2.33. The zero-order valence-electron chi connectivity index (χ0n) is 16.4. The summed E-state index contributed by atoms with van der Waals surface area (Å²) in [5, 5.41) is 19.5. The van der Waals surface area contributed by atoms with Crippen molar-refractivity contribution >= 4 is 40.4 Å². The average molecular weight is 430 g/mol. The molecule has 7 nitrogen and oxygen atoms in total. The molecule has 0 N–H and O–H groups in total. The van der Waals surface area contributed by atoms with E-state index in [1.165, 1.54) is 30.1 Å². The quantitative estimate of drug-likeness (QED) is 0.323. The van der Waals surface area contributed by atoms with Gasteiger partial charge in [-0.15, -0.1) is 5.10 Å². The predicted octanol–water partition coefficient (Wildman–Crippen LogP) is 4.68. The first-order valence-electron chi connectivity index (χ1n) is 9.57. The molecule has 0 saturated carbocycles. The summed E-state index contributed by atoms with van der Waals surface area (Å²) < 4.78 is 0. The van der Waals surface area contributed by atoms with Crippen LogP contribution in [0.2, 0.25) is 0 Å². The molecule has 1 atom stereocenters. The lowest BCUT2D eigenvalue weighted by molar-refractivity contribution is -0.384. The van der Waals surface area contributed by atoms with Crippen LogP contribution in [0, 0.1) is 10.1 Å². The van der Waals surface area contributed by atoms with Crippen LogP contribution >= 0.6 is 11.8 Å². The van der Waals surface area contributed by atoms with Gasteiger partial charge in [0.25, 0.3) is 5.69 Å². The third kappa shape index (κ3) is 4.87. The number of amides is 1. The number of rotatable bonds is 6. The van der Waals surface area contributed by atoms with E-state index in [0.717, 1.165) is 11.3 Å². The maximum atomic E-state index is 13.2. The number of nitro benzene ring substituents is 1. The molecule has 4 rings (SSSR count). The minimum absolute atomic E-state index is 0.0177. The van der Waals surface area contributed by atoms with Gasteiger partial charge in [0.15, 0.2) is 5.17 Å². The Morgan fingerprint density at radius 2 is 1.71 bits per heavy atom. The average Bonchev–Trinajstić information content (AvgIpc) is 3.10. The second kappa shape index (κ2) is 9.36. The van der Waals surface area contributed by atoms with Crippen molar-refractivity contribution < 1.29 is 9.72 Å². The maximum absolute atomic E-state index is 13.2. The number of thioether (sulfide) groups is 1. The lowest BCUT2D eigenvalue weighted by atomic mass is 10.1. The summed E-state index contributed by atoms with van der Waals surface area (Å²) in [6, 6.07) is 25.3. The van der Waals surface area contributed by atoms with Gasteiger partial charge in [0.05, 0.1) is 22.1 Å². The molecule has 0 radical (unpaired) electrons. The first-order chi connectivity index (χ1) is 15.1. The SMILES string of the molecule is O=C1C(Cc2ccccc2)S/C(=N\N=C\c2cccc([N+](=O)[O-])c2)N1c1ccccc1. The number of carbonyl (C=O) groups excluding carboxylic acids is 1. The largest absolute Gasteiger partial charge is 0.273 e. The third-order valence-corrected chi connectivity index (χ3v) is 5.77. The van der Waals surface area contributed by atoms with Gasteiger partial charge in [-0.2, -0.15) is 5.10 Å². The molecular formula is C23H18N4O3S. The maximum Gasteiger partial charge on any atom is 0.270 e. The molecule has 0 bridgehead atoms. The van der Waals surface area contributed by atoms with Gasteiger partial charge in [-0.1, -0.05) is 72.4 Å². The number of para-hydroxylation sites is 1. The van der Waals surface area contributed by atoms with E-state index in [-0.39, 0.29) is 16.8 Å². The monoisotopic (exact) mass is 430 g/mol. The number of benzene rings is 3. The molecule has 1 aliphatic heterocycles. The highest BCUT2D eigenvalue weighted by Gasteiger charge is 2.39. The van der Waals surface area contributed by atoms with Crippen LogP contribution in [0.5, 0.6) is 0 Å². The molecule has 0 spiro atoms. The topological polar surface area (TPSA) is 88.2 Å². The van der Waals surface area contributed by atoms with E-state index in [1.54, 1.807) is 17.0 Å². The van der Waals surface area contributed by atoms with E-state index < -0.39 is 4.92 Å². The summed E-state index contributed by atoms with van der Waals surface area (Å²) in [7, 11) is 0. The van der Waals surface area contributed by atoms with Crippen molar-refractivity contribution in [2.24, 2.45) is 10.2 Å². The molecule has 1 unspecified atom stereocenters. The van der Waals surface area contributed by atoms with Crippen molar-refractivity contribution in [3.05, 3.63) is 106 Å². The highest BCUT2D eigenvalue weighted by atomic mass is 32.2. The number of amidine groups is 1. The van der Waals surface area contributed by atoms with Crippen LogP contribution in [-0.2, 0) is 11.2 Å². The van der Waals surface area contributed by atoms with Crippen molar-refractivity contribution in [1.29, 1.82) is 0 Å². The zero-order chi connectivity index (χ0) is 21.6. The second-order valence-electron chi connectivity index (χ2n) is 6.78. The van der Waals surface area contributed by atoms with Gasteiger partial charge in [0, 0.05) is 17.7 Å². The molecule has 31 heavy (non-hydrogen) atoms. The Morgan fingerprint density at radius 3 is 2.42 bits per heavy atom. The number of hydrogen-bond donors (Lipinski definition) is 0. The summed E-state index contributed by atoms with van der Waals surface area (Å²) in [4.78, 5) is 25.2. The predicted molar refractivity (Wildman–Crippen MR) is 124 cm³/mol. The molecule has 0 aromatic heterocycles. The number of hydrogen-bond acceptors (Lipinski definition) is 6. The van der Waals surface area contributed by atoms with Crippen LogP contribution in [0.4, 0.5) is 11.4 Å². The Balaban J connectivity index is 1.61. The molecule has 1 heterocycles. The zero-order valence-corrected chi connectivity index (χ0v) is 17.2. The van der Waals surface area contributed by atoms with Crippen LogP contribution in [0.25, 0.3) is 0 Å².